The van der Waals surface area contributed by atoms with Gasteiger partial charge in [0.15, 0.2) is 11.5 Å². The maximum Gasteiger partial charge on any atom is 0.164 e. The van der Waals surface area contributed by atoms with Gasteiger partial charge in [-0.05, 0) is 36.6 Å². The predicted octanol–water partition coefficient (Wildman–Crippen LogP) is 3.29. The second-order valence-corrected chi connectivity index (χ2v) is 7.28. The largest absolute Gasteiger partial charge is 0.371 e. The van der Waals surface area contributed by atoms with Crippen LogP contribution in [0.1, 0.15) is 12.0 Å². The molecule has 7 heteroatoms. The van der Waals surface area contributed by atoms with Crippen molar-refractivity contribution in [1.82, 2.24) is 24.7 Å². The maximum absolute atomic E-state index is 4.77. The number of aryl methyl sites for hydroxylation is 1. The summed E-state index contributed by atoms with van der Waals surface area (Å²) in [6, 6.07) is 12.5. The van der Waals surface area contributed by atoms with Crippen LogP contribution >= 0.6 is 0 Å². The van der Waals surface area contributed by atoms with Crippen molar-refractivity contribution in [3.05, 3.63) is 60.6 Å². The highest BCUT2D eigenvalue weighted by Crippen LogP contribution is 2.27. The first-order valence-corrected chi connectivity index (χ1v) is 9.96. The topological polar surface area (TPSA) is 71.8 Å². The zero-order valence-electron chi connectivity index (χ0n) is 16.4. The average Bonchev–Trinajstić information content (AvgIpc) is 3.35. The van der Waals surface area contributed by atoms with Crippen molar-refractivity contribution in [3.63, 3.8) is 0 Å². The lowest BCUT2D eigenvalue weighted by molar-refractivity contribution is 0.772. The van der Waals surface area contributed by atoms with Gasteiger partial charge in [-0.2, -0.15) is 5.10 Å². The van der Waals surface area contributed by atoms with E-state index in [0.29, 0.717) is 5.82 Å². The van der Waals surface area contributed by atoms with E-state index >= 15 is 0 Å². The van der Waals surface area contributed by atoms with Gasteiger partial charge < -0.3 is 10.2 Å². The third kappa shape index (κ3) is 3.40. The Kier molecular flexibility index (Phi) is 4.56. The molecule has 0 spiro atoms. The summed E-state index contributed by atoms with van der Waals surface area (Å²) in [5.41, 5.74) is 4.60. The van der Waals surface area contributed by atoms with Crippen molar-refractivity contribution in [2.75, 3.05) is 29.9 Å². The third-order valence-electron chi connectivity index (χ3n) is 5.41. The Hall–Kier alpha value is -3.48. The minimum Gasteiger partial charge on any atom is -0.371 e. The molecule has 0 bridgehead atoms. The van der Waals surface area contributed by atoms with E-state index < -0.39 is 0 Å². The number of hydrogen-bond donors (Lipinski definition) is 1. The van der Waals surface area contributed by atoms with Crippen LogP contribution in [0.3, 0.4) is 0 Å². The number of hydrogen-bond acceptors (Lipinski definition) is 6. The fraction of sp³-hybridized carbons (Fsp3) is 0.273. The van der Waals surface area contributed by atoms with E-state index in [1.807, 2.05) is 25.4 Å². The maximum atomic E-state index is 4.77. The van der Waals surface area contributed by atoms with Crippen molar-refractivity contribution in [3.8, 4) is 11.4 Å². The molecule has 0 saturated carbocycles. The van der Waals surface area contributed by atoms with Crippen molar-refractivity contribution in [2.45, 2.75) is 12.8 Å². The molecule has 29 heavy (non-hydrogen) atoms. The molecule has 0 unspecified atom stereocenters. The van der Waals surface area contributed by atoms with Crippen LogP contribution in [-0.2, 0) is 13.5 Å². The Balaban J connectivity index is 1.31. The Morgan fingerprint density at radius 3 is 2.83 bits per heavy atom. The lowest BCUT2D eigenvalue weighted by Crippen LogP contribution is -2.23. The average molecular weight is 385 g/mol. The van der Waals surface area contributed by atoms with E-state index in [1.54, 1.807) is 17.1 Å². The number of para-hydroxylation sites is 1. The first-order chi connectivity index (χ1) is 14.3. The second kappa shape index (κ2) is 7.50. The SMILES string of the molecule is Cn1ncc2c(NCCCN3CCc4ccccc43)nc(-c3ccncc3)nc21. The van der Waals surface area contributed by atoms with Crippen molar-refractivity contribution in [1.29, 1.82) is 0 Å². The van der Waals surface area contributed by atoms with Crippen LogP contribution in [0.2, 0.25) is 0 Å². The van der Waals surface area contributed by atoms with E-state index in [0.717, 1.165) is 54.9 Å². The summed E-state index contributed by atoms with van der Waals surface area (Å²) >= 11 is 0. The summed E-state index contributed by atoms with van der Waals surface area (Å²) in [5.74, 6) is 1.51. The Morgan fingerprint density at radius 2 is 1.93 bits per heavy atom. The van der Waals surface area contributed by atoms with Gasteiger partial charge in [-0.25, -0.2) is 9.97 Å². The Bertz CT molecular complexity index is 1140. The molecule has 146 valence electrons. The Labute approximate surface area is 169 Å². The Morgan fingerprint density at radius 1 is 1.07 bits per heavy atom. The van der Waals surface area contributed by atoms with E-state index in [2.05, 4.69) is 44.6 Å². The number of benzene rings is 1. The van der Waals surface area contributed by atoms with Gasteiger partial charge in [0.1, 0.15) is 5.82 Å². The number of pyridine rings is 1. The summed E-state index contributed by atoms with van der Waals surface area (Å²) in [6.45, 7) is 2.98. The predicted molar refractivity (Wildman–Crippen MR) is 115 cm³/mol. The zero-order chi connectivity index (χ0) is 19.6. The molecule has 1 aromatic carbocycles. The molecule has 0 amide bonds. The standard InChI is InChI=1S/C22H23N7/c1-28-22-18(15-25-28)21(26-20(27-22)17-7-11-23-12-8-17)24-10-4-13-29-14-9-16-5-2-3-6-19(16)29/h2-3,5-8,11-12,15H,4,9-10,13-14H2,1H3,(H,24,26,27). The summed E-state index contributed by atoms with van der Waals surface area (Å²) < 4.78 is 1.79. The van der Waals surface area contributed by atoms with Gasteiger partial charge in [0, 0.05) is 50.3 Å². The molecule has 1 aliphatic rings. The molecule has 4 aromatic rings. The minimum absolute atomic E-state index is 0.680. The number of nitrogens with zero attached hydrogens (tertiary/aromatic N) is 6. The summed E-state index contributed by atoms with van der Waals surface area (Å²) in [5, 5.41) is 8.81. The van der Waals surface area contributed by atoms with E-state index in [4.69, 9.17) is 9.97 Å². The van der Waals surface area contributed by atoms with Crippen LogP contribution in [0.5, 0.6) is 0 Å². The quantitative estimate of drug-likeness (QED) is 0.514. The van der Waals surface area contributed by atoms with E-state index in [-0.39, 0.29) is 0 Å². The number of nitrogens with one attached hydrogen (secondary N) is 1. The molecular weight excluding hydrogens is 362 g/mol. The molecule has 1 aliphatic heterocycles. The van der Waals surface area contributed by atoms with Crippen molar-refractivity contribution in [2.24, 2.45) is 7.05 Å². The van der Waals surface area contributed by atoms with Gasteiger partial charge in [-0.1, -0.05) is 18.2 Å². The van der Waals surface area contributed by atoms with Gasteiger partial charge >= 0.3 is 0 Å². The number of anilines is 2. The molecule has 0 radical (unpaired) electrons. The van der Waals surface area contributed by atoms with Gasteiger partial charge in [0.2, 0.25) is 0 Å². The fourth-order valence-electron chi connectivity index (χ4n) is 3.90. The smallest absolute Gasteiger partial charge is 0.164 e. The van der Waals surface area contributed by atoms with Crippen LogP contribution in [0.4, 0.5) is 11.5 Å². The first kappa shape index (κ1) is 17.6. The second-order valence-electron chi connectivity index (χ2n) is 7.28. The highest BCUT2D eigenvalue weighted by Gasteiger charge is 2.17. The van der Waals surface area contributed by atoms with Crippen molar-refractivity contribution >= 4 is 22.5 Å². The molecule has 0 aliphatic carbocycles. The molecule has 5 rings (SSSR count). The van der Waals surface area contributed by atoms with E-state index in [9.17, 15) is 0 Å². The third-order valence-corrected chi connectivity index (χ3v) is 5.41. The molecule has 4 heterocycles. The molecule has 0 atom stereocenters. The van der Waals surface area contributed by atoms with Crippen molar-refractivity contribution < 1.29 is 0 Å². The van der Waals surface area contributed by atoms with E-state index in [1.165, 1.54) is 11.3 Å². The number of rotatable bonds is 6. The van der Waals surface area contributed by atoms with Gasteiger partial charge in [-0.3, -0.25) is 9.67 Å². The fourth-order valence-corrected chi connectivity index (χ4v) is 3.90. The van der Waals surface area contributed by atoms with Crippen LogP contribution < -0.4 is 10.2 Å². The summed E-state index contributed by atoms with van der Waals surface area (Å²) in [4.78, 5) is 16.0. The monoisotopic (exact) mass is 385 g/mol. The van der Waals surface area contributed by atoms with Gasteiger partial charge in [0.05, 0.1) is 11.6 Å². The highest BCUT2D eigenvalue weighted by atomic mass is 15.3. The first-order valence-electron chi connectivity index (χ1n) is 9.96. The van der Waals surface area contributed by atoms with Gasteiger partial charge in [0.25, 0.3) is 0 Å². The molecule has 1 N–H and O–H groups in total. The summed E-state index contributed by atoms with van der Waals surface area (Å²) in [7, 11) is 1.90. The lowest BCUT2D eigenvalue weighted by atomic mass is 10.2. The zero-order valence-corrected chi connectivity index (χ0v) is 16.4. The number of fused-ring (bicyclic) bond motifs is 2. The molecular formula is C22H23N7. The highest BCUT2D eigenvalue weighted by molar-refractivity contribution is 5.88. The van der Waals surface area contributed by atoms with Gasteiger partial charge in [-0.15, -0.1) is 0 Å². The van der Waals surface area contributed by atoms with Crippen LogP contribution in [0.25, 0.3) is 22.4 Å². The van der Waals surface area contributed by atoms with Crippen LogP contribution in [0.15, 0.2) is 55.0 Å². The summed E-state index contributed by atoms with van der Waals surface area (Å²) in [6.07, 6.45) is 7.51. The molecule has 0 saturated heterocycles. The molecule has 3 aromatic heterocycles. The lowest BCUT2D eigenvalue weighted by Gasteiger charge is -2.19. The van der Waals surface area contributed by atoms with Crippen LogP contribution in [0, 0.1) is 0 Å². The normalized spacial score (nSPS) is 13.1. The van der Waals surface area contributed by atoms with Crippen LogP contribution in [-0.4, -0.2) is 44.4 Å². The molecule has 7 nitrogen and oxygen atoms in total. The number of aromatic nitrogens is 5. The molecule has 0 fully saturated rings. The minimum atomic E-state index is 0.680.